The largest absolute Gasteiger partial charge is 0.463 e. The highest BCUT2D eigenvalue weighted by molar-refractivity contribution is 5.78. The average molecular weight is 319 g/mol. The molecule has 1 amide bonds. The van der Waals surface area contributed by atoms with Crippen LogP contribution >= 0.6 is 0 Å². The molecule has 0 spiro atoms. The SMILES string of the molecule is CCCC(C)CC(=O)NC(CC(=O)OC(C)C)c1ccccc1. The fraction of sp³-hybridized carbons (Fsp3) is 0.579. The molecule has 0 saturated heterocycles. The molecule has 1 aromatic rings. The lowest BCUT2D eigenvalue weighted by Crippen LogP contribution is -2.32. The zero-order valence-corrected chi connectivity index (χ0v) is 14.7. The highest BCUT2D eigenvalue weighted by atomic mass is 16.5. The third-order valence-corrected chi connectivity index (χ3v) is 3.59. The number of hydrogen-bond donors (Lipinski definition) is 1. The molecule has 0 aromatic heterocycles. The van der Waals surface area contributed by atoms with Crippen LogP contribution in [0.1, 0.15) is 65.0 Å². The van der Waals surface area contributed by atoms with Crippen molar-refractivity contribution in [3.8, 4) is 0 Å². The minimum atomic E-state index is -0.344. The minimum Gasteiger partial charge on any atom is -0.463 e. The Balaban J connectivity index is 2.72. The Labute approximate surface area is 139 Å². The lowest BCUT2D eigenvalue weighted by atomic mass is 10.00. The predicted molar refractivity (Wildman–Crippen MR) is 91.9 cm³/mol. The van der Waals surface area contributed by atoms with Gasteiger partial charge in [0.25, 0.3) is 0 Å². The number of rotatable bonds is 9. The molecule has 23 heavy (non-hydrogen) atoms. The Bertz CT molecular complexity index is 485. The van der Waals surface area contributed by atoms with Crippen LogP contribution < -0.4 is 5.32 Å². The van der Waals surface area contributed by atoms with Crippen molar-refractivity contribution >= 4 is 11.9 Å². The fourth-order valence-corrected chi connectivity index (χ4v) is 2.58. The zero-order valence-electron chi connectivity index (χ0n) is 14.7. The van der Waals surface area contributed by atoms with Gasteiger partial charge in [0.2, 0.25) is 5.91 Å². The second-order valence-electron chi connectivity index (χ2n) is 6.37. The maximum absolute atomic E-state index is 12.3. The summed E-state index contributed by atoms with van der Waals surface area (Å²) in [7, 11) is 0. The monoisotopic (exact) mass is 319 g/mol. The van der Waals surface area contributed by atoms with E-state index in [-0.39, 0.29) is 30.4 Å². The molecule has 0 aliphatic rings. The summed E-state index contributed by atoms with van der Waals surface area (Å²) in [6.45, 7) is 7.83. The van der Waals surface area contributed by atoms with Crippen molar-refractivity contribution in [2.75, 3.05) is 0 Å². The van der Waals surface area contributed by atoms with Gasteiger partial charge in [-0.15, -0.1) is 0 Å². The summed E-state index contributed by atoms with van der Waals surface area (Å²) in [5.41, 5.74) is 0.921. The second kappa shape index (κ2) is 10.0. The molecule has 1 rings (SSSR count). The number of carbonyl (C=O) groups excluding carboxylic acids is 2. The summed E-state index contributed by atoms with van der Waals surface area (Å²) >= 11 is 0. The van der Waals surface area contributed by atoms with Crippen molar-refractivity contribution in [1.29, 1.82) is 0 Å². The van der Waals surface area contributed by atoms with Crippen LogP contribution in [0.4, 0.5) is 0 Å². The van der Waals surface area contributed by atoms with Gasteiger partial charge in [0.05, 0.1) is 18.6 Å². The minimum absolute atomic E-state index is 0.0165. The Hall–Kier alpha value is -1.84. The number of amides is 1. The third kappa shape index (κ3) is 7.82. The smallest absolute Gasteiger partial charge is 0.308 e. The molecule has 0 bridgehead atoms. The molecular weight excluding hydrogens is 290 g/mol. The number of carbonyl (C=O) groups is 2. The van der Waals surface area contributed by atoms with Gasteiger partial charge in [-0.3, -0.25) is 9.59 Å². The van der Waals surface area contributed by atoms with Crippen molar-refractivity contribution in [3.05, 3.63) is 35.9 Å². The summed E-state index contributed by atoms with van der Waals surface area (Å²) in [5, 5.41) is 2.99. The van der Waals surface area contributed by atoms with E-state index < -0.39 is 0 Å². The molecule has 1 N–H and O–H groups in total. The molecule has 0 aliphatic carbocycles. The molecule has 0 fully saturated rings. The number of nitrogens with one attached hydrogen (secondary N) is 1. The van der Waals surface area contributed by atoms with E-state index >= 15 is 0 Å². The summed E-state index contributed by atoms with van der Waals surface area (Å²) in [4.78, 5) is 24.2. The molecule has 128 valence electrons. The first kappa shape index (κ1) is 19.2. The molecule has 0 radical (unpaired) electrons. The Morgan fingerprint density at radius 3 is 2.30 bits per heavy atom. The summed E-state index contributed by atoms with van der Waals surface area (Å²) in [5.74, 6) is 0.0342. The van der Waals surface area contributed by atoms with E-state index in [4.69, 9.17) is 4.74 Å². The predicted octanol–water partition coefficient (Wildman–Crippen LogP) is 4.01. The lowest BCUT2D eigenvalue weighted by molar-refractivity contribution is -0.148. The molecule has 4 nitrogen and oxygen atoms in total. The van der Waals surface area contributed by atoms with Crippen molar-refractivity contribution in [2.24, 2.45) is 5.92 Å². The first-order valence-electron chi connectivity index (χ1n) is 8.46. The number of esters is 1. The van der Waals surface area contributed by atoms with Crippen LogP contribution in [-0.4, -0.2) is 18.0 Å². The normalized spacial score (nSPS) is 13.4. The van der Waals surface area contributed by atoms with Crippen molar-refractivity contribution in [2.45, 2.75) is 65.5 Å². The molecule has 1 aromatic carbocycles. The van der Waals surface area contributed by atoms with E-state index in [1.165, 1.54) is 0 Å². The molecule has 2 unspecified atom stereocenters. The van der Waals surface area contributed by atoms with Gasteiger partial charge in [0.15, 0.2) is 0 Å². The standard InChI is InChI=1S/C19H29NO3/c1-5-9-15(4)12-18(21)20-17(13-19(22)23-14(2)3)16-10-7-6-8-11-16/h6-8,10-11,14-15,17H,5,9,12-13H2,1-4H3,(H,20,21). The van der Waals surface area contributed by atoms with E-state index in [0.717, 1.165) is 18.4 Å². The first-order chi connectivity index (χ1) is 10.9. The van der Waals surface area contributed by atoms with Crippen LogP contribution in [0.5, 0.6) is 0 Å². The number of benzene rings is 1. The van der Waals surface area contributed by atoms with Gasteiger partial charge >= 0.3 is 5.97 Å². The molecule has 2 atom stereocenters. The Morgan fingerprint density at radius 1 is 1.09 bits per heavy atom. The van der Waals surface area contributed by atoms with Crippen molar-refractivity contribution in [1.82, 2.24) is 5.32 Å². The van der Waals surface area contributed by atoms with Crippen LogP contribution in [0, 0.1) is 5.92 Å². The van der Waals surface area contributed by atoms with E-state index in [9.17, 15) is 9.59 Å². The quantitative estimate of drug-likeness (QED) is 0.700. The average Bonchev–Trinajstić information content (AvgIpc) is 2.46. The van der Waals surface area contributed by atoms with Crippen molar-refractivity contribution in [3.63, 3.8) is 0 Å². The van der Waals surface area contributed by atoms with Gasteiger partial charge < -0.3 is 10.1 Å². The van der Waals surface area contributed by atoms with E-state index in [2.05, 4.69) is 19.2 Å². The van der Waals surface area contributed by atoms with E-state index in [1.54, 1.807) is 0 Å². The van der Waals surface area contributed by atoms with Crippen LogP contribution in [0.2, 0.25) is 0 Å². The number of ether oxygens (including phenoxy) is 1. The topological polar surface area (TPSA) is 55.4 Å². The Morgan fingerprint density at radius 2 is 1.74 bits per heavy atom. The van der Waals surface area contributed by atoms with E-state index in [1.807, 2.05) is 44.2 Å². The van der Waals surface area contributed by atoms with Crippen LogP contribution in [0.3, 0.4) is 0 Å². The summed E-state index contributed by atoms with van der Waals surface area (Å²) in [6, 6.07) is 9.22. The second-order valence-corrected chi connectivity index (χ2v) is 6.37. The maximum Gasteiger partial charge on any atom is 0.308 e. The zero-order chi connectivity index (χ0) is 17.2. The lowest BCUT2D eigenvalue weighted by Gasteiger charge is -2.20. The number of hydrogen-bond acceptors (Lipinski definition) is 3. The first-order valence-corrected chi connectivity index (χ1v) is 8.46. The molecular formula is C19H29NO3. The van der Waals surface area contributed by atoms with Gasteiger partial charge in [0, 0.05) is 6.42 Å². The fourth-order valence-electron chi connectivity index (χ4n) is 2.58. The third-order valence-electron chi connectivity index (χ3n) is 3.59. The molecule has 0 saturated carbocycles. The summed E-state index contributed by atoms with van der Waals surface area (Å²) < 4.78 is 5.21. The molecule has 4 heteroatoms. The van der Waals surface area contributed by atoms with Gasteiger partial charge in [-0.25, -0.2) is 0 Å². The van der Waals surface area contributed by atoms with Gasteiger partial charge in [0.1, 0.15) is 0 Å². The molecule has 0 aliphatic heterocycles. The Kier molecular flexibility index (Phi) is 8.38. The van der Waals surface area contributed by atoms with Crippen LogP contribution in [-0.2, 0) is 14.3 Å². The highest BCUT2D eigenvalue weighted by Crippen LogP contribution is 2.19. The van der Waals surface area contributed by atoms with Crippen molar-refractivity contribution < 1.29 is 14.3 Å². The van der Waals surface area contributed by atoms with E-state index in [0.29, 0.717) is 12.3 Å². The maximum atomic E-state index is 12.3. The van der Waals surface area contributed by atoms with Crippen LogP contribution in [0.25, 0.3) is 0 Å². The van der Waals surface area contributed by atoms with Gasteiger partial charge in [-0.1, -0.05) is 57.0 Å². The van der Waals surface area contributed by atoms with Crippen LogP contribution in [0.15, 0.2) is 30.3 Å². The summed E-state index contributed by atoms with van der Waals surface area (Å²) in [6.07, 6.45) is 2.57. The van der Waals surface area contributed by atoms with Gasteiger partial charge in [-0.2, -0.15) is 0 Å². The highest BCUT2D eigenvalue weighted by Gasteiger charge is 2.20. The van der Waals surface area contributed by atoms with Gasteiger partial charge in [-0.05, 0) is 25.3 Å². The molecule has 0 heterocycles.